The van der Waals surface area contributed by atoms with E-state index in [0.717, 1.165) is 29.8 Å². The first-order valence-electron chi connectivity index (χ1n) is 10.3. The Morgan fingerprint density at radius 2 is 1.93 bits per heavy atom. The second kappa shape index (κ2) is 11.6. The van der Waals surface area contributed by atoms with Crippen LogP contribution in [-0.4, -0.2) is 36.7 Å². The Kier molecular flexibility index (Phi) is 8.89. The number of nitrogens with zero attached hydrogens (tertiary/aromatic N) is 2. The Bertz CT molecular complexity index is 903. The fraction of sp³-hybridized carbons (Fsp3) is 0.375. The van der Waals surface area contributed by atoms with Gasteiger partial charge in [-0.15, -0.1) is 0 Å². The van der Waals surface area contributed by atoms with Crippen molar-refractivity contribution < 1.29 is 19.4 Å². The van der Waals surface area contributed by atoms with Crippen LogP contribution in [0.4, 0.5) is 5.69 Å². The lowest BCUT2D eigenvalue weighted by Gasteiger charge is -2.20. The van der Waals surface area contributed by atoms with E-state index in [-0.39, 0.29) is 12.4 Å². The molecule has 0 saturated carbocycles. The number of hydrogen-bond donors (Lipinski definition) is 1. The van der Waals surface area contributed by atoms with Gasteiger partial charge in [0.1, 0.15) is 6.07 Å². The van der Waals surface area contributed by atoms with E-state index >= 15 is 0 Å². The molecule has 2 aromatic carbocycles. The number of anilines is 1. The number of aliphatic carboxylic acids is 1. The second-order valence-corrected chi connectivity index (χ2v) is 6.75. The SMILES string of the molecule is CC.N#Cc1cc(CCC(=O)O)cc2c1N(CCCOC(=O)c1ccccc1)CC2. The van der Waals surface area contributed by atoms with Crippen LogP contribution in [0.25, 0.3) is 0 Å². The summed E-state index contributed by atoms with van der Waals surface area (Å²) in [6.07, 6.45) is 1.98. The molecule has 30 heavy (non-hydrogen) atoms. The Hall–Kier alpha value is -3.33. The van der Waals surface area contributed by atoms with Gasteiger partial charge in [0.05, 0.1) is 23.4 Å². The van der Waals surface area contributed by atoms with E-state index in [9.17, 15) is 14.9 Å². The molecule has 0 amide bonds. The molecule has 0 atom stereocenters. The average Bonchev–Trinajstić information content (AvgIpc) is 3.19. The zero-order valence-electron chi connectivity index (χ0n) is 17.6. The minimum absolute atomic E-state index is 0.0557. The van der Waals surface area contributed by atoms with Gasteiger partial charge in [0.2, 0.25) is 0 Å². The zero-order chi connectivity index (χ0) is 21.9. The lowest BCUT2D eigenvalue weighted by molar-refractivity contribution is -0.136. The predicted octanol–water partition coefficient (Wildman–Crippen LogP) is 4.21. The van der Waals surface area contributed by atoms with Gasteiger partial charge in [0.25, 0.3) is 0 Å². The summed E-state index contributed by atoms with van der Waals surface area (Å²) in [5.41, 5.74) is 4.01. The van der Waals surface area contributed by atoms with Gasteiger partial charge in [0, 0.05) is 19.5 Å². The van der Waals surface area contributed by atoms with Gasteiger partial charge in [-0.1, -0.05) is 38.1 Å². The molecule has 158 valence electrons. The number of ether oxygens (including phenoxy) is 1. The number of nitriles is 1. The number of esters is 1. The number of fused-ring (bicyclic) bond motifs is 1. The molecule has 3 rings (SSSR count). The summed E-state index contributed by atoms with van der Waals surface area (Å²) in [4.78, 5) is 24.9. The van der Waals surface area contributed by atoms with Crippen LogP contribution in [-0.2, 0) is 22.4 Å². The van der Waals surface area contributed by atoms with Crippen molar-refractivity contribution in [2.75, 3.05) is 24.6 Å². The Labute approximate surface area is 177 Å². The van der Waals surface area contributed by atoms with Crippen LogP contribution in [0.1, 0.15) is 53.7 Å². The molecule has 6 nitrogen and oxygen atoms in total. The largest absolute Gasteiger partial charge is 0.481 e. The number of carboxylic acids is 1. The number of carboxylic acid groups (broad SMARTS) is 1. The van der Waals surface area contributed by atoms with Gasteiger partial charge in [0.15, 0.2) is 0 Å². The van der Waals surface area contributed by atoms with E-state index in [1.807, 2.05) is 26.0 Å². The average molecular weight is 408 g/mol. The quantitative estimate of drug-likeness (QED) is 0.520. The molecule has 1 heterocycles. The third-order valence-corrected chi connectivity index (χ3v) is 4.78. The summed E-state index contributed by atoms with van der Waals surface area (Å²) >= 11 is 0. The van der Waals surface area contributed by atoms with Gasteiger partial charge < -0.3 is 14.7 Å². The summed E-state index contributed by atoms with van der Waals surface area (Å²) in [6.45, 7) is 5.81. The lowest BCUT2D eigenvalue weighted by atomic mass is 10.0. The van der Waals surface area contributed by atoms with Gasteiger partial charge >= 0.3 is 11.9 Å². The van der Waals surface area contributed by atoms with Crippen molar-refractivity contribution in [2.24, 2.45) is 0 Å². The first-order chi connectivity index (χ1) is 14.6. The highest BCUT2D eigenvalue weighted by Crippen LogP contribution is 2.33. The summed E-state index contributed by atoms with van der Waals surface area (Å²) in [5.74, 6) is -1.17. The number of hydrogen-bond acceptors (Lipinski definition) is 5. The molecule has 0 saturated heterocycles. The minimum atomic E-state index is -0.842. The molecule has 0 fully saturated rings. The maximum atomic E-state index is 12.0. The fourth-order valence-corrected chi connectivity index (χ4v) is 3.47. The van der Waals surface area contributed by atoms with Crippen LogP contribution in [0.3, 0.4) is 0 Å². The summed E-state index contributed by atoms with van der Waals surface area (Å²) < 4.78 is 5.32. The van der Waals surface area contributed by atoms with E-state index in [0.29, 0.717) is 37.1 Å². The molecule has 0 spiro atoms. The summed E-state index contributed by atoms with van der Waals surface area (Å²) in [5, 5.41) is 18.4. The number of carbonyl (C=O) groups excluding carboxylic acids is 1. The van der Waals surface area contributed by atoms with Crippen LogP contribution in [0.5, 0.6) is 0 Å². The van der Waals surface area contributed by atoms with Crippen molar-refractivity contribution in [1.29, 1.82) is 5.26 Å². The number of aryl methyl sites for hydroxylation is 1. The third kappa shape index (κ3) is 6.08. The van der Waals surface area contributed by atoms with E-state index in [4.69, 9.17) is 9.84 Å². The van der Waals surface area contributed by atoms with Crippen LogP contribution >= 0.6 is 0 Å². The highest BCUT2D eigenvalue weighted by Gasteiger charge is 2.23. The van der Waals surface area contributed by atoms with E-state index in [1.165, 1.54) is 0 Å². The number of benzene rings is 2. The monoisotopic (exact) mass is 408 g/mol. The third-order valence-electron chi connectivity index (χ3n) is 4.78. The van der Waals surface area contributed by atoms with Crippen molar-refractivity contribution in [3.05, 3.63) is 64.7 Å². The molecule has 0 bridgehead atoms. The van der Waals surface area contributed by atoms with E-state index in [2.05, 4.69) is 11.0 Å². The van der Waals surface area contributed by atoms with E-state index < -0.39 is 5.97 Å². The van der Waals surface area contributed by atoms with Crippen molar-refractivity contribution in [3.63, 3.8) is 0 Å². The van der Waals surface area contributed by atoms with Gasteiger partial charge in [-0.05, 0) is 48.6 Å². The summed E-state index contributed by atoms with van der Waals surface area (Å²) in [7, 11) is 0. The molecule has 0 aliphatic carbocycles. The molecular formula is C24H28N2O4. The lowest BCUT2D eigenvalue weighted by Crippen LogP contribution is -2.24. The number of rotatable bonds is 8. The molecule has 0 aromatic heterocycles. The highest BCUT2D eigenvalue weighted by molar-refractivity contribution is 5.89. The maximum absolute atomic E-state index is 12.0. The van der Waals surface area contributed by atoms with Crippen molar-refractivity contribution in [2.45, 2.75) is 39.5 Å². The summed E-state index contributed by atoms with van der Waals surface area (Å²) in [6, 6.07) is 14.9. The Morgan fingerprint density at radius 1 is 1.20 bits per heavy atom. The smallest absolute Gasteiger partial charge is 0.338 e. The van der Waals surface area contributed by atoms with Crippen LogP contribution in [0.2, 0.25) is 0 Å². The topological polar surface area (TPSA) is 90.6 Å². The minimum Gasteiger partial charge on any atom is -0.481 e. The highest BCUT2D eigenvalue weighted by atomic mass is 16.5. The van der Waals surface area contributed by atoms with Crippen LogP contribution < -0.4 is 4.90 Å². The second-order valence-electron chi connectivity index (χ2n) is 6.75. The maximum Gasteiger partial charge on any atom is 0.338 e. The normalized spacial score (nSPS) is 11.7. The molecule has 1 aliphatic rings. The Balaban J connectivity index is 0.00000155. The van der Waals surface area contributed by atoms with Gasteiger partial charge in [-0.25, -0.2) is 4.79 Å². The molecule has 6 heteroatoms. The van der Waals surface area contributed by atoms with Crippen LogP contribution in [0, 0.1) is 11.3 Å². The number of carbonyl (C=O) groups is 2. The first kappa shape index (κ1) is 23.0. The van der Waals surface area contributed by atoms with Crippen LogP contribution in [0.15, 0.2) is 42.5 Å². The molecule has 1 N–H and O–H groups in total. The molecule has 1 aliphatic heterocycles. The zero-order valence-corrected chi connectivity index (χ0v) is 17.6. The molecule has 0 unspecified atom stereocenters. The Morgan fingerprint density at radius 3 is 2.60 bits per heavy atom. The van der Waals surface area contributed by atoms with Gasteiger partial charge in [-0.3, -0.25) is 4.79 Å². The molecule has 0 radical (unpaired) electrons. The van der Waals surface area contributed by atoms with Gasteiger partial charge in [-0.2, -0.15) is 5.26 Å². The van der Waals surface area contributed by atoms with Crippen molar-refractivity contribution in [1.82, 2.24) is 0 Å². The van der Waals surface area contributed by atoms with E-state index in [1.54, 1.807) is 30.3 Å². The van der Waals surface area contributed by atoms with Crippen molar-refractivity contribution >= 4 is 17.6 Å². The first-order valence-corrected chi connectivity index (χ1v) is 10.3. The fourth-order valence-electron chi connectivity index (χ4n) is 3.47. The molecule has 2 aromatic rings. The standard InChI is InChI=1S/C22H22N2O4.C2H6/c23-15-19-14-16(7-8-20(25)26)13-18-9-11-24(21(18)19)10-4-12-28-22(27)17-5-2-1-3-6-17;1-2/h1-3,5-6,13-14H,4,7-12H2,(H,25,26);1-2H3. The van der Waals surface area contributed by atoms with Crippen molar-refractivity contribution in [3.8, 4) is 6.07 Å². The predicted molar refractivity (Wildman–Crippen MR) is 116 cm³/mol. The molecular weight excluding hydrogens is 380 g/mol.